The van der Waals surface area contributed by atoms with Gasteiger partial charge in [-0.25, -0.2) is 4.98 Å². The fraction of sp³-hybridized carbons (Fsp3) is 0.300. The molecule has 0 unspecified atom stereocenters. The van der Waals surface area contributed by atoms with Gasteiger partial charge in [-0.15, -0.1) is 0 Å². The van der Waals surface area contributed by atoms with E-state index in [1.165, 1.54) is 54.6 Å². The minimum absolute atomic E-state index is 0.623. The number of aromatic nitrogens is 3. The maximum atomic E-state index is 5.97. The first-order chi connectivity index (χ1) is 12.8. The van der Waals surface area contributed by atoms with E-state index in [0.29, 0.717) is 5.19 Å². The van der Waals surface area contributed by atoms with Crippen molar-refractivity contribution in [3.8, 4) is 10.9 Å². The molecule has 1 aliphatic heterocycles. The standard InChI is InChI=1S/C20H20N4OS/c1-2-9-24(10-3-1)13-14-12-22-17-11-15(6-7-16(14)17)25-20-23-19-18(26-20)5-4-8-21-19/h4-8,11-12,22H,1-3,9-10,13H2. The Kier molecular flexibility index (Phi) is 4.07. The molecule has 5 nitrogen and oxygen atoms in total. The van der Waals surface area contributed by atoms with E-state index in [9.17, 15) is 0 Å². The normalized spacial score (nSPS) is 15.7. The van der Waals surface area contributed by atoms with Crippen LogP contribution in [0.4, 0.5) is 0 Å². The average Bonchev–Trinajstić information content (AvgIpc) is 3.26. The van der Waals surface area contributed by atoms with Gasteiger partial charge < -0.3 is 9.72 Å². The van der Waals surface area contributed by atoms with Gasteiger partial charge in [0.25, 0.3) is 5.19 Å². The Labute approximate surface area is 155 Å². The lowest BCUT2D eigenvalue weighted by molar-refractivity contribution is 0.221. The van der Waals surface area contributed by atoms with Crippen LogP contribution in [0.3, 0.4) is 0 Å². The molecule has 0 atom stereocenters. The Hall–Kier alpha value is -2.44. The first kappa shape index (κ1) is 15.8. The van der Waals surface area contributed by atoms with Crippen LogP contribution >= 0.6 is 11.3 Å². The van der Waals surface area contributed by atoms with Gasteiger partial charge in [-0.1, -0.05) is 17.8 Å². The van der Waals surface area contributed by atoms with E-state index in [2.05, 4.69) is 38.2 Å². The number of hydrogen-bond acceptors (Lipinski definition) is 5. The molecule has 1 N–H and O–H groups in total. The molecule has 132 valence electrons. The third-order valence-electron chi connectivity index (χ3n) is 4.93. The summed E-state index contributed by atoms with van der Waals surface area (Å²) >= 11 is 1.51. The number of piperidine rings is 1. The van der Waals surface area contributed by atoms with Gasteiger partial charge in [-0.05, 0) is 55.8 Å². The van der Waals surface area contributed by atoms with Crippen molar-refractivity contribution in [3.63, 3.8) is 0 Å². The van der Waals surface area contributed by atoms with Crippen LogP contribution in [0.15, 0.2) is 42.7 Å². The van der Waals surface area contributed by atoms with Crippen LogP contribution in [-0.4, -0.2) is 32.9 Å². The third kappa shape index (κ3) is 3.06. The van der Waals surface area contributed by atoms with Gasteiger partial charge >= 0.3 is 0 Å². The fourth-order valence-electron chi connectivity index (χ4n) is 3.61. The summed E-state index contributed by atoms with van der Waals surface area (Å²) in [6.45, 7) is 3.43. The van der Waals surface area contributed by atoms with E-state index >= 15 is 0 Å². The number of thiazole rings is 1. The van der Waals surface area contributed by atoms with Crippen LogP contribution in [0.5, 0.6) is 10.9 Å². The number of H-pyrrole nitrogens is 1. The SMILES string of the molecule is c1cnc2nc(Oc3ccc4c(CN5CCCCC5)c[nH]c4c3)sc2c1. The number of benzene rings is 1. The molecule has 0 spiro atoms. The van der Waals surface area contributed by atoms with Gasteiger partial charge in [0.05, 0.1) is 4.70 Å². The number of pyridine rings is 1. The van der Waals surface area contributed by atoms with Gasteiger partial charge in [0, 0.05) is 35.9 Å². The zero-order chi connectivity index (χ0) is 17.3. The molecule has 1 aliphatic rings. The molecule has 1 fully saturated rings. The summed E-state index contributed by atoms with van der Waals surface area (Å²) < 4.78 is 7.00. The lowest BCUT2D eigenvalue weighted by atomic mass is 10.1. The lowest BCUT2D eigenvalue weighted by Crippen LogP contribution is -2.28. The van der Waals surface area contributed by atoms with Crippen LogP contribution in [0, 0.1) is 0 Å². The highest BCUT2D eigenvalue weighted by Gasteiger charge is 2.14. The highest BCUT2D eigenvalue weighted by molar-refractivity contribution is 7.20. The monoisotopic (exact) mass is 364 g/mol. The Morgan fingerprint density at radius 3 is 2.96 bits per heavy atom. The molecule has 1 saturated heterocycles. The summed E-state index contributed by atoms with van der Waals surface area (Å²) in [6.07, 6.45) is 7.88. The molecule has 4 aromatic rings. The average molecular weight is 364 g/mol. The van der Waals surface area contributed by atoms with E-state index in [4.69, 9.17) is 4.74 Å². The van der Waals surface area contributed by atoms with Crippen molar-refractivity contribution in [2.75, 3.05) is 13.1 Å². The molecule has 6 heteroatoms. The second-order valence-corrected chi connectivity index (χ2v) is 7.76. The number of nitrogens with one attached hydrogen (secondary N) is 1. The minimum atomic E-state index is 0.623. The van der Waals surface area contributed by atoms with Crippen LogP contribution in [-0.2, 0) is 6.54 Å². The Morgan fingerprint density at radius 1 is 1.15 bits per heavy atom. The predicted molar refractivity (Wildman–Crippen MR) is 105 cm³/mol. The fourth-order valence-corrected chi connectivity index (χ4v) is 4.41. The van der Waals surface area contributed by atoms with Crippen molar-refractivity contribution in [1.82, 2.24) is 19.9 Å². The number of rotatable bonds is 4. The third-order valence-corrected chi connectivity index (χ3v) is 5.82. The van der Waals surface area contributed by atoms with Crippen LogP contribution in [0.25, 0.3) is 21.3 Å². The maximum absolute atomic E-state index is 5.97. The number of hydrogen-bond donors (Lipinski definition) is 1. The molecule has 5 rings (SSSR count). The Balaban J connectivity index is 1.38. The molecule has 0 saturated carbocycles. The van der Waals surface area contributed by atoms with Gasteiger partial charge in [0.1, 0.15) is 5.75 Å². The molecule has 0 amide bonds. The number of fused-ring (bicyclic) bond motifs is 2. The van der Waals surface area contributed by atoms with Crippen molar-refractivity contribution in [2.24, 2.45) is 0 Å². The van der Waals surface area contributed by atoms with Gasteiger partial charge in [-0.2, -0.15) is 4.98 Å². The first-order valence-electron chi connectivity index (χ1n) is 9.07. The summed E-state index contributed by atoms with van der Waals surface area (Å²) in [5.74, 6) is 0.794. The lowest BCUT2D eigenvalue weighted by Gasteiger charge is -2.26. The molecule has 0 bridgehead atoms. The number of aromatic amines is 1. The van der Waals surface area contributed by atoms with Crippen LogP contribution in [0.2, 0.25) is 0 Å². The summed E-state index contributed by atoms with van der Waals surface area (Å²) in [4.78, 5) is 14.6. The zero-order valence-electron chi connectivity index (χ0n) is 14.4. The summed E-state index contributed by atoms with van der Waals surface area (Å²) in [5.41, 5.74) is 3.20. The largest absolute Gasteiger partial charge is 0.431 e. The van der Waals surface area contributed by atoms with E-state index in [1.54, 1.807) is 6.20 Å². The molecular weight excluding hydrogens is 344 g/mol. The van der Waals surface area contributed by atoms with Crippen molar-refractivity contribution in [1.29, 1.82) is 0 Å². The predicted octanol–water partition coefficient (Wildman–Crippen LogP) is 4.95. The highest BCUT2D eigenvalue weighted by Crippen LogP contribution is 2.32. The van der Waals surface area contributed by atoms with E-state index in [1.807, 2.05) is 18.2 Å². The first-order valence-corrected chi connectivity index (χ1v) is 9.88. The van der Waals surface area contributed by atoms with Crippen molar-refractivity contribution < 1.29 is 4.74 Å². The molecular formula is C20H20N4OS. The van der Waals surface area contributed by atoms with E-state index in [0.717, 1.165) is 28.2 Å². The second kappa shape index (κ2) is 6.70. The highest BCUT2D eigenvalue weighted by atomic mass is 32.1. The molecule has 3 aromatic heterocycles. The Morgan fingerprint density at radius 2 is 2.08 bits per heavy atom. The smallest absolute Gasteiger partial charge is 0.281 e. The van der Waals surface area contributed by atoms with Gasteiger partial charge in [0.15, 0.2) is 5.65 Å². The van der Waals surface area contributed by atoms with E-state index < -0.39 is 0 Å². The quantitative estimate of drug-likeness (QED) is 0.557. The zero-order valence-corrected chi connectivity index (χ0v) is 15.3. The van der Waals surface area contributed by atoms with Gasteiger partial charge in [-0.3, -0.25) is 4.90 Å². The molecule has 4 heterocycles. The minimum Gasteiger partial charge on any atom is -0.431 e. The second-order valence-electron chi connectivity index (χ2n) is 6.77. The molecule has 1 aromatic carbocycles. The number of nitrogens with zero attached hydrogens (tertiary/aromatic N) is 3. The topological polar surface area (TPSA) is 54.0 Å². The van der Waals surface area contributed by atoms with Crippen molar-refractivity contribution in [3.05, 3.63) is 48.3 Å². The summed E-state index contributed by atoms with van der Waals surface area (Å²) in [5, 5.41) is 1.90. The molecule has 0 radical (unpaired) electrons. The summed E-state index contributed by atoms with van der Waals surface area (Å²) in [7, 11) is 0. The van der Waals surface area contributed by atoms with Crippen molar-refractivity contribution >= 4 is 32.6 Å². The Bertz CT molecular complexity index is 1020. The van der Waals surface area contributed by atoms with Crippen LogP contribution in [0.1, 0.15) is 24.8 Å². The van der Waals surface area contributed by atoms with Crippen LogP contribution < -0.4 is 4.74 Å². The molecule has 0 aliphatic carbocycles. The van der Waals surface area contributed by atoms with Gasteiger partial charge in [0.2, 0.25) is 0 Å². The molecule has 26 heavy (non-hydrogen) atoms. The summed E-state index contributed by atoms with van der Waals surface area (Å²) in [6, 6.07) is 10.1. The maximum Gasteiger partial charge on any atom is 0.281 e. The number of ether oxygens (including phenoxy) is 1. The van der Waals surface area contributed by atoms with E-state index in [-0.39, 0.29) is 0 Å². The number of likely N-dealkylation sites (tertiary alicyclic amines) is 1. The van der Waals surface area contributed by atoms with Crippen molar-refractivity contribution in [2.45, 2.75) is 25.8 Å².